The minimum absolute atomic E-state index is 0.0338. The molecule has 0 spiro atoms. The van der Waals surface area contributed by atoms with Gasteiger partial charge in [-0.15, -0.1) is 0 Å². The largest absolute Gasteiger partial charge is 0.495 e. The van der Waals surface area contributed by atoms with Crippen molar-refractivity contribution < 1.29 is 26.3 Å². The number of rotatable bonds is 6. The van der Waals surface area contributed by atoms with Crippen LogP contribution in [0.15, 0.2) is 46.2 Å². The lowest BCUT2D eigenvalue weighted by Gasteiger charge is -2.15. The highest BCUT2D eigenvalue weighted by Gasteiger charge is 2.23. The Morgan fingerprint density at radius 3 is 2.04 bits per heavy atom. The summed E-state index contributed by atoms with van der Waals surface area (Å²) in [5, 5.41) is 0. The van der Waals surface area contributed by atoms with E-state index < -0.39 is 19.9 Å². The van der Waals surface area contributed by atoms with Gasteiger partial charge >= 0.3 is 0 Å². The monoisotopic (exact) mass is 385 g/mol. The minimum atomic E-state index is -4.11. The summed E-state index contributed by atoms with van der Waals surface area (Å²) in [7, 11) is -4.95. The van der Waals surface area contributed by atoms with Gasteiger partial charge in [-0.25, -0.2) is 16.8 Å². The molecule has 0 aliphatic heterocycles. The van der Waals surface area contributed by atoms with E-state index in [0.29, 0.717) is 5.75 Å². The summed E-state index contributed by atoms with van der Waals surface area (Å²) in [4.78, 5) is -0.397. The molecule has 0 saturated carbocycles. The molecular formula is C16H19NO6S2. The molecule has 2 aromatic rings. The van der Waals surface area contributed by atoms with Crippen molar-refractivity contribution in [3.05, 3.63) is 42.0 Å². The zero-order valence-corrected chi connectivity index (χ0v) is 15.9. The zero-order chi connectivity index (χ0) is 18.8. The molecule has 7 nitrogen and oxygen atoms in total. The van der Waals surface area contributed by atoms with Crippen LogP contribution >= 0.6 is 0 Å². The lowest BCUT2D eigenvalue weighted by atomic mass is 10.2. The minimum Gasteiger partial charge on any atom is -0.495 e. The van der Waals surface area contributed by atoms with Crippen molar-refractivity contribution in [1.82, 2.24) is 0 Å². The van der Waals surface area contributed by atoms with E-state index in [2.05, 4.69) is 4.72 Å². The van der Waals surface area contributed by atoms with Gasteiger partial charge < -0.3 is 9.47 Å². The van der Waals surface area contributed by atoms with Crippen LogP contribution in [-0.4, -0.2) is 37.3 Å². The van der Waals surface area contributed by atoms with E-state index in [0.717, 1.165) is 17.9 Å². The maximum absolute atomic E-state index is 12.8. The lowest BCUT2D eigenvalue weighted by Crippen LogP contribution is -2.15. The fourth-order valence-corrected chi connectivity index (χ4v) is 4.18. The number of anilines is 1. The third-order valence-corrected chi connectivity index (χ3v) is 5.95. The Hall–Kier alpha value is -2.26. The van der Waals surface area contributed by atoms with Gasteiger partial charge in [0.2, 0.25) is 0 Å². The van der Waals surface area contributed by atoms with Crippen LogP contribution in [0.25, 0.3) is 0 Å². The van der Waals surface area contributed by atoms with Crippen LogP contribution in [0.1, 0.15) is 5.56 Å². The van der Waals surface area contributed by atoms with Crippen LogP contribution in [0.3, 0.4) is 0 Å². The van der Waals surface area contributed by atoms with Crippen molar-refractivity contribution in [3.63, 3.8) is 0 Å². The fourth-order valence-electron chi connectivity index (χ4n) is 2.20. The molecule has 0 aromatic heterocycles. The molecule has 25 heavy (non-hydrogen) atoms. The summed E-state index contributed by atoms with van der Waals surface area (Å²) in [6.07, 6.45) is 1.00. The van der Waals surface area contributed by atoms with Gasteiger partial charge in [0, 0.05) is 6.26 Å². The summed E-state index contributed by atoms with van der Waals surface area (Å²) >= 11 is 0. The van der Waals surface area contributed by atoms with Gasteiger partial charge in [0.25, 0.3) is 10.0 Å². The molecule has 2 rings (SSSR count). The Morgan fingerprint density at radius 2 is 1.48 bits per heavy atom. The highest BCUT2D eigenvalue weighted by atomic mass is 32.2. The van der Waals surface area contributed by atoms with E-state index in [1.807, 2.05) is 6.92 Å². The first-order valence-corrected chi connectivity index (χ1v) is 10.5. The Bertz CT molecular complexity index is 997. The average Bonchev–Trinajstić information content (AvgIpc) is 2.53. The van der Waals surface area contributed by atoms with E-state index >= 15 is 0 Å². The van der Waals surface area contributed by atoms with Crippen LogP contribution in [0.4, 0.5) is 5.69 Å². The summed E-state index contributed by atoms with van der Waals surface area (Å²) in [6, 6.07) is 8.69. The third kappa shape index (κ3) is 4.23. The molecule has 0 unspecified atom stereocenters. The van der Waals surface area contributed by atoms with E-state index in [9.17, 15) is 16.8 Å². The predicted octanol–water partition coefficient (Wildman–Crippen LogP) is 2.22. The summed E-state index contributed by atoms with van der Waals surface area (Å²) in [5.74, 6) is 0.374. The first-order chi connectivity index (χ1) is 11.6. The Labute approximate surface area is 147 Å². The van der Waals surface area contributed by atoms with Crippen LogP contribution in [0.2, 0.25) is 0 Å². The highest BCUT2D eigenvalue weighted by molar-refractivity contribution is 7.93. The number of sulfonamides is 1. The second-order valence-electron chi connectivity index (χ2n) is 5.39. The Balaban J connectivity index is 2.58. The van der Waals surface area contributed by atoms with Crippen molar-refractivity contribution >= 4 is 25.5 Å². The molecule has 0 aliphatic carbocycles. The molecule has 0 atom stereocenters. The quantitative estimate of drug-likeness (QED) is 0.819. The van der Waals surface area contributed by atoms with E-state index in [4.69, 9.17) is 9.47 Å². The summed E-state index contributed by atoms with van der Waals surface area (Å²) in [5.41, 5.74) is 1.07. The number of hydrogen-bond donors (Lipinski definition) is 1. The van der Waals surface area contributed by atoms with Crippen LogP contribution in [0.5, 0.6) is 11.5 Å². The van der Waals surface area contributed by atoms with Crippen molar-refractivity contribution in [2.45, 2.75) is 16.7 Å². The molecule has 1 N–H and O–H groups in total. The van der Waals surface area contributed by atoms with Gasteiger partial charge in [0.15, 0.2) is 9.84 Å². The Morgan fingerprint density at radius 1 is 0.880 bits per heavy atom. The number of benzene rings is 2. The second kappa shape index (κ2) is 6.93. The molecule has 0 radical (unpaired) electrons. The van der Waals surface area contributed by atoms with Gasteiger partial charge in [-0.2, -0.15) is 0 Å². The van der Waals surface area contributed by atoms with E-state index in [1.54, 1.807) is 18.2 Å². The summed E-state index contributed by atoms with van der Waals surface area (Å²) in [6.45, 7) is 1.81. The first-order valence-electron chi connectivity index (χ1n) is 7.14. The van der Waals surface area contributed by atoms with E-state index in [-0.39, 0.29) is 21.2 Å². The van der Waals surface area contributed by atoms with Crippen molar-refractivity contribution in [1.29, 1.82) is 0 Å². The number of nitrogens with one attached hydrogen (secondary N) is 1. The highest BCUT2D eigenvalue weighted by Crippen LogP contribution is 2.32. The number of aryl methyl sites for hydroxylation is 1. The van der Waals surface area contributed by atoms with Crippen LogP contribution < -0.4 is 14.2 Å². The standard InChI is InChI=1S/C16H19NO6S2/c1-11-5-7-14(22-2)13(9-11)17-25(20,21)16-10-12(24(4,18)19)6-8-15(16)23-3/h5-10,17H,1-4H3. The summed E-state index contributed by atoms with van der Waals surface area (Å²) < 4.78 is 61.7. The van der Waals surface area contributed by atoms with Crippen molar-refractivity contribution in [3.8, 4) is 11.5 Å². The van der Waals surface area contributed by atoms with Crippen LogP contribution in [0, 0.1) is 6.92 Å². The molecule has 0 bridgehead atoms. The second-order valence-corrected chi connectivity index (χ2v) is 9.06. The molecule has 0 aliphatic rings. The van der Waals surface area contributed by atoms with Gasteiger partial charge in [0.05, 0.1) is 24.8 Å². The molecule has 0 saturated heterocycles. The van der Waals surface area contributed by atoms with Crippen molar-refractivity contribution in [2.24, 2.45) is 0 Å². The number of sulfone groups is 1. The topological polar surface area (TPSA) is 98.8 Å². The maximum Gasteiger partial charge on any atom is 0.265 e. The van der Waals surface area contributed by atoms with Gasteiger partial charge in [-0.1, -0.05) is 6.07 Å². The average molecular weight is 385 g/mol. The molecular weight excluding hydrogens is 366 g/mol. The van der Waals surface area contributed by atoms with Crippen LogP contribution in [-0.2, 0) is 19.9 Å². The zero-order valence-electron chi connectivity index (χ0n) is 14.2. The Kier molecular flexibility index (Phi) is 5.28. The van der Waals surface area contributed by atoms with Gasteiger partial charge in [0.1, 0.15) is 16.4 Å². The molecule has 9 heteroatoms. The van der Waals surface area contributed by atoms with Gasteiger partial charge in [-0.05, 0) is 42.8 Å². The van der Waals surface area contributed by atoms with Gasteiger partial charge in [-0.3, -0.25) is 4.72 Å². The number of hydrogen-bond acceptors (Lipinski definition) is 6. The maximum atomic E-state index is 12.8. The molecule has 0 fully saturated rings. The van der Waals surface area contributed by atoms with Crippen molar-refractivity contribution in [2.75, 3.05) is 25.2 Å². The van der Waals surface area contributed by atoms with E-state index in [1.165, 1.54) is 26.4 Å². The smallest absolute Gasteiger partial charge is 0.265 e. The molecule has 2 aromatic carbocycles. The molecule has 0 heterocycles. The molecule has 136 valence electrons. The third-order valence-electron chi connectivity index (χ3n) is 3.45. The fraction of sp³-hybridized carbons (Fsp3) is 0.250. The normalized spacial score (nSPS) is 11.8. The number of ether oxygens (including phenoxy) is 2. The molecule has 0 amide bonds. The SMILES string of the molecule is COc1ccc(C)cc1NS(=O)(=O)c1cc(S(C)(=O)=O)ccc1OC. The first kappa shape index (κ1) is 19.1. The predicted molar refractivity (Wildman–Crippen MR) is 94.6 cm³/mol. The lowest BCUT2D eigenvalue weighted by molar-refractivity contribution is 0.402. The number of methoxy groups -OCH3 is 2.